The third-order valence-corrected chi connectivity index (χ3v) is 5.36. The van der Waals surface area contributed by atoms with Gasteiger partial charge in [0, 0.05) is 17.9 Å². The zero-order chi connectivity index (χ0) is 21.0. The van der Waals surface area contributed by atoms with Gasteiger partial charge in [0.05, 0.1) is 4.88 Å². The van der Waals surface area contributed by atoms with Crippen LogP contribution in [0.2, 0.25) is 0 Å². The Morgan fingerprint density at radius 2 is 2.24 bits per heavy atom. The number of aromatic nitrogens is 3. The second-order valence-electron chi connectivity index (χ2n) is 6.62. The molecule has 0 saturated heterocycles. The molecule has 7 nitrogen and oxygen atoms in total. The summed E-state index contributed by atoms with van der Waals surface area (Å²) < 4.78 is 13.1. The summed E-state index contributed by atoms with van der Waals surface area (Å²) in [6.45, 7) is 8.61. The molecule has 150 valence electrons. The number of thiophene rings is 1. The highest BCUT2D eigenvalue weighted by Crippen LogP contribution is 2.26. The zero-order valence-electron chi connectivity index (χ0n) is 16.8. The van der Waals surface area contributed by atoms with E-state index in [1.165, 1.54) is 11.3 Å². The predicted octanol–water partition coefficient (Wildman–Crippen LogP) is 4.84. The maximum atomic E-state index is 12.5. The Morgan fingerprint density at radius 3 is 2.90 bits per heavy atom. The number of esters is 1. The van der Waals surface area contributed by atoms with Crippen LogP contribution in [0.4, 0.5) is 0 Å². The van der Waals surface area contributed by atoms with Crippen LogP contribution in [0.25, 0.3) is 16.8 Å². The van der Waals surface area contributed by atoms with Crippen molar-refractivity contribution >= 4 is 23.4 Å². The first-order valence-corrected chi connectivity index (χ1v) is 10.2. The number of carbonyl (C=O) groups is 1. The Labute approximate surface area is 173 Å². The van der Waals surface area contributed by atoms with Gasteiger partial charge in [-0.15, -0.1) is 21.5 Å². The molecule has 0 aliphatic heterocycles. The van der Waals surface area contributed by atoms with Gasteiger partial charge >= 0.3 is 5.97 Å². The Balaban J connectivity index is 1.76. The fourth-order valence-electron chi connectivity index (χ4n) is 3.01. The van der Waals surface area contributed by atoms with Crippen molar-refractivity contribution in [2.24, 2.45) is 0 Å². The van der Waals surface area contributed by atoms with Gasteiger partial charge in [-0.05, 0) is 56.3 Å². The number of hydrogen-bond donors (Lipinski definition) is 0. The summed E-state index contributed by atoms with van der Waals surface area (Å²) in [5.41, 5.74) is 2.85. The summed E-state index contributed by atoms with van der Waals surface area (Å²) in [6, 6.07) is 7.65. The fraction of sp³-hybridized carbons (Fsp3) is 0.333. The molecule has 3 rings (SSSR count). The molecule has 29 heavy (non-hydrogen) atoms. The molecule has 1 atom stereocenters. The van der Waals surface area contributed by atoms with Crippen LogP contribution in [0.1, 0.15) is 49.2 Å². The van der Waals surface area contributed by atoms with Crippen LogP contribution in [-0.4, -0.2) is 20.7 Å². The van der Waals surface area contributed by atoms with E-state index in [1.807, 2.05) is 43.5 Å². The van der Waals surface area contributed by atoms with Crippen molar-refractivity contribution in [3.63, 3.8) is 0 Å². The Hall–Kier alpha value is -3.18. The molecule has 0 aromatic carbocycles. The summed E-state index contributed by atoms with van der Waals surface area (Å²) in [5.74, 6) is -0.173. The summed E-state index contributed by atoms with van der Waals surface area (Å²) in [7, 11) is 0. The minimum atomic E-state index is -0.770. The quantitative estimate of drug-likeness (QED) is 0.314. The average molecular weight is 410 g/mol. The molecule has 0 spiro atoms. The Kier molecular flexibility index (Phi) is 6.29. The van der Waals surface area contributed by atoms with E-state index in [0.717, 1.165) is 34.8 Å². The molecular formula is C21H22N4O3S. The molecular weight excluding hydrogens is 388 g/mol. The van der Waals surface area contributed by atoms with Gasteiger partial charge in [0.15, 0.2) is 6.10 Å². The average Bonchev–Trinajstić information content (AvgIpc) is 3.43. The maximum absolute atomic E-state index is 12.5. The molecule has 0 N–H and O–H groups in total. The lowest BCUT2D eigenvalue weighted by molar-refractivity contribution is -0.144. The molecule has 0 amide bonds. The van der Waals surface area contributed by atoms with Gasteiger partial charge in [0.25, 0.3) is 11.8 Å². The van der Waals surface area contributed by atoms with E-state index in [4.69, 9.17) is 9.15 Å². The molecule has 3 aromatic rings. The third kappa shape index (κ3) is 4.46. The van der Waals surface area contributed by atoms with Crippen LogP contribution >= 0.6 is 11.3 Å². The first kappa shape index (κ1) is 20.6. The molecule has 1 unspecified atom stereocenters. The monoisotopic (exact) mass is 410 g/mol. The van der Waals surface area contributed by atoms with E-state index in [0.29, 0.717) is 5.89 Å². The van der Waals surface area contributed by atoms with E-state index in [2.05, 4.69) is 21.7 Å². The van der Waals surface area contributed by atoms with Crippen LogP contribution in [0.3, 0.4) is 0 Å². The van der Waals surface area contributed by atoms with Gasteiger partial charge in [-0.25, -0.2) is 4.79 Å². The normalized spacial score (nSPS) is 12.6. The maximum Gasteiger partial charge on any atom is 0.349 e. The molecule has 0 bridgehead atoms. The van der Waals surface area contributed by atoms with Crippen molar-refractivity contribution in [1.82, 2.24) is 14.8 Å². The number of hydrogen-bond acceptors (Lipinski definition) is 7. The number of nitriles is 1. The molecule has 3 heterocycles. The van der Waals surface area contributed by atoms with Gasteiger partial charge in [-0.1, -0.05) is 13.0 Å². The fourth-order valence-corrected chi connectivity index (χ4v) is 3.65. The summed E-state index contributed by atoms with van der Waals surface area (Å²) in [6.07, 6.45) is 1.80. The van der Waals surface area contributed by atoms with Crippen molar-refractivity contribution in [1.29, 1.82) is 5.26 Å². The van der Waals surface area contributed by atoms with Crippen molar-refractivity contribution in [3.05, 3.63) is 52.0 Å². The zero-order valence-corrected chi connectivity index (χ0v) is 17.6. The van der Waals surface area contributed by atoms with Crippen molar-refractivity contribution in [2.75, 3.05) is 0 Å². The van der Waals surface area contributed by atoms with Crippen molar-refractivity contribution in [3.8, 4) is 16.8 Å². The Morgan fingerprint density at radius 1 is 1.45 bits per heavy atom. The molecule has 3 aromatic heterocycles. The first-order chi connectivity index (χ1) is 13.9. The van der Waals surface area contributed by atoms with E-state index in [1.54, 1.807) is 13.0 Å². The van der Waals surface area contributed by atoms with E-state index >= 15 is 0 Å². The molecule has 8 heteroatoms. The molecule has 0 radical (unpaired) electrons. The number of aryl methyl sites for hydroxylation is 1. The summed E-state index contributed by atoms with van der Waals surface area (Å²) in [4.78, 5) is 13.4. The van der Waals surface area contributed by atoms with Crippen LogP contribution in [0.15, 0.2) is 33.6 Å². The van der Waals surface area contributed by atoms with Gasteiger partial charge in [-0.2, -0.15) is 5.26 Å². The minimum Gasteiger partial charge on any atom is -0.448 e. The molecule has 0 fully saturated rings. The topological polar surface area (TPSA) is 93.9 Å². The second-order valence-corrected chi connectivity index (χ2v) is 7.57. The standard InChI is InChI=1S/C21H22N4O3S/c1-5-8-25-13(2)10-16(14(25)3)11-17(12-22)21(26)27-15(4)19-23-24-20(28-19)18-7-6-9-29-18/h6-7,9-11,15H,5,8H2,1-4H3/b17-11+. The number of carbonyl (C=O) groups excluding carboxylic acids is 1. The predicted molar refractivity (Wildman–Crippen MR) is 110 cm³/mol. The third-order valence-electron chi connectivity index (χ3n) is 4.50. The van der Waals surface area contributed by atoms with Gasteiger partial charge in [-0.3, -0.25) is 0 Å². The number of rotatable bonds is 7. The first-order valence-electron chi connectivity index (χ1n) is 9.31. The van der Waals surface area contributed by atoms with Crippen LogP contribution in [0.5, 0.6) is 0 Å². The minimum absolute atomic E-state index is 0.0772. The van der Waals surface area contributed by atoms with Gasteiger partial charge < -0.3 is 13.7 Å². The SMILES string of the molecule is CCCn1c(C)cc(/C=C(\C#N)C(=O)OC(C)c2nnc(-c3cccs3)o2)c1C. The summed E-state index contributed by atoms with van der Waals surface area (Å²) >= 11 is 1.47. The molecule has 0 aliphatic carbocycles. The highest BCUT2D eigenvalue weighted by Gasteiger charge is 2.22. The highest BCUT2D eigenvalue weighted by molar-refractivity contribution is 7.13. The highest BCUT2D eigenvalue weighted by atomic mass is 32.1. The lowest BCUT2D eigenvalue weighted by Crippen LogP contribution is -2.11. The van der Waals surface area contributed by atoms with Crippen molar-refractivity contribution < 1.29 is 13.9 Å². The largest absolute Gasteiger partial charge is 0.448 e. The lowest BCUT2D eigenvalue weighted by Gasteiger charge is -2.09. The number of nitrogens with zero attached hydrogens (tertiary/aromatic N) is 4. The van der Waals surface area contributed by atoms with E-state index < -0.39 is 12.1 Å². The number of ether oxygens (including phenoxy) is 1. The van der Waals surface area contributed by atoms with Crippen LogP contribution < -0.4 is 0 Å². The smallest absolute Gasteiger partial charge is 0.349 e. The van der Waals surface area contributed by atoms with Gasteiger partial charge in [0.2, 0.25) is 0 Å². The van der Waals surface area contributed by atoms with Crippen LogP contribution in [-0.2, 0) is 16.1 Å². The summed E-state index contributed by atoms with van der Waals surface area (Å²) in [5, 5.41) is 19.3. The van der Waals surface area contributed by atoms with Crippen LogP contribution in [0, 0.1) is 25.2 Å². The second kappa shape index (κ2) is 8.88. The Bertz CT molecular complexity index is 1070. The van der Waals surface area contributed by atoms with E-state index in [9.17, 15) is 10.1 Å². The molecule has 0 aliphatic rings. The van der Waals surface area contributed by atoms with Crippen molar-refractivity contribution in [2.45, 2.75) is 46.8 Å². The lowest BCUT2D eigenvalue weighted by atomic mass is 10.1. The van der Waals surface area contributed by atoms with E-state index in [-0.39, 0.29) is 11.5 Å². The van der Waals surface area contributed by atoms with Gasteiger partial charge in [0.1, 0.15) is 11.6 Å². The molecule has 0 saturated carbocycles.